The molecule has 2 heterocycles. The number of hydrogen-bond acceptors (Lipinski definition) is 1. The molecule has 65 heavy (non-hydrogen) atoms. The molecule has 0 bridgehead atoms. The molecular formula is C63H41NS. The Morgan fingerprint density at radius 2 is 0.923 bits per heavy atom. The van der Waals surface area contributed by atoms with Crippen LogP contribution in [0.5, 0.6) is 0 Å². The first kappa shape index (κ1) is 37.5. The van der Waals surface area contributed by atoms with Gasteiger partial charge >= 0.3 is 0 Å². The lowest BCUT2D eigenvalue weighted by Gasteiger charge is -2.18. The molecule has 12 aromatic rings. The molecule has 0 aliphatic heterocycles. The van der Waals surface area contributed by atoms with Crippen LogP contribution in [0.4, 0.5) is 0 Å². The molecule has 0 unspecified atom stereocenters. The summed E-state index contributed by atoms with van der Waals surface area (Å²) in [5, 5.41) is 10.1. The molecule has 0 fully saturated rings. The van der Waals surface area contributed by atoms with E-state index in [2.05, 4.69) is 247 Å². The molecule has 1 aliphatic rings. The highest BCUT2D eigenvalue weighted by Gasteiger charge is 2.20. The molecule has 0 spiro atoms. The van der Waals surface area contributed by atoms with E-state index in [1.807, 2.05) is 11.3 Å². The predicted molar refractivity (Wildman–Crippen MR) is 281 cm³/mol. The molecule has 0 radical (unpaired) electrons. The van der Waals surface area contributed by atoms with Crippen molar-refractivity contribution in [1.82, 2.24) is 4.57 Å². The van der Waals surface area contributed by atoms with Crippen molar-refractivity contribution in [2.24, 2.45) is 0 Å². The smallest absolute Gasteiger partial charge is 0.0541 e. The van der Waals surface area contributed by atoms with Crippen molar-refractivity contribution < 1.29 is 0 Å². The molecular weight excluding hydrogens is 803 g/mol. The minimum absolute atomic E-state index is 0.237. The summed E-state index contributed by atoms with van der Waals surface area (Å²) in [4.78, 5) is 0. The van der Waals surface area contributed by atoms with Gasteiger partial charge in [0, 0.05) is 48.1 Å². The van der Waals surface area contributed by atoms with E-state index >= 15 is 0 Å². The maximum absolute atomic E-state index is 2.46. The van der Waals surface area contributed by atoms with Gasteiger partial charge in [-0.05, 0) is 121 Å². The Bertz CT molecular complexity index is 3860. The third-order valence-corrected chi connectivity index (χ3v) is 14.6. The average Bonchev–Trinajstić information content (AvgIpc) is 3.77. The van der Waals surface area contributed by atoms with Crippen molar-refractivity contribution in [2.45, 2.75) is 5.92 Å². The van der Waals surface area contributed by atoms with Crippen LogP contribution in [0.1, 0.15) is 11.5 Å². The van der Waals surface area contributed by atoms with Crippen molar-refractivity contribution >= 4 is 74.9 Å². The third-order valence-electron chi connectivity index (χ3n) is 13.4. The van der Waals surface area contributed by atoms with Crippen LogP contribution in [0.25, 0.3) is 114 Å². The van der Waals surface area contributed by atoms with Crippen LogP contribution in [0, 0.1) is 0 Å². The van der Waals surface area contributed by atoms with Gasteiger partial charge in [-0.2, -0.15) is 0 Å². The highest BCUT2D eigenvalue weighted by atomic mass is 32.1. The van der Waals surface area contributed by atoms with Gasteiger partial charge in [0.1, 0.15) is 0 Å². The molecule has 0 amide bonds. The first-order valence-electron chi connectivity index (χ1n) is 22.5. The summed E-state index contributed by atoms with van der Waals surface area (Å²) < 4.78 is 5.09. The van der Waals surface area contributed by atoms with E-state index in [1.54, 1.807) is 0 Å². The van der Waals surface area contributed by atoms with Crippen molar-refractivity contribution in [1.29, 1.82) is 0 Å². The van der Waals surface area contributed by atoms with Gasteiger partial charge < -0.3 is 4.57 Å². The predicted octanol–water partition coefficient (Wildman–Crippen LogP) is 17.9. The number of fused-ring (bicyclic) bond motifs is 8. The first-order valence-corrected chi connectivity index (χ1v) is 23.3. The lowest BCUT2D eigenvalue weighted by molar-refractivity contribution is 1.09. The lowest BCUT2D eigenvalue weighted by atomic mass is 9.86. The minimum Gasteiger partial charge on any atom is -0.309 e. The van der Waals surface area contributed by atoms with Gasteiger partial charge in [-0.15, -0.1) is 11.3 Å². The van der Waals surface area contributed by atoms with Crippen molar-refractivity contribution in [2.75, 3.05) is 0 Å². The average molecular weight is 844 g/mol. The summed E-state index contributed by atoms with van der Waals surface area (Å²) in [7, 11) is 0. The Hall–Kier alpha value is -8.04. The number of hydrogen-bond donors (Lipinski definition) is 0. The normalized spacial score (nSPS) is 13.0. The molecule has 1 aliphatic carbocycles. The molecule has 0 N–H and O–H groups in total. The maximum Gasteiger partial charge on any atom is 0.0541 e. The Kier molecular flexibility index (Phi) is 8.85. The number of nitrogens with zero attached hydrogens (tertiary/aromatic N) is 1. The molecule has 0 atom stereocenters. The van der Waals surface area contributed by atoms with Gasteiger partial charge in [-0.3, -0.25) is 0 Å². The summed E-state index contributed by atoms with van der Waals surface area (Å²) in [5.74, 6) is 0.237. The van der Waals surface area contributed by atoms with Gasteiger partial charge in [0.15, 0.2) is 0 Å². The van der Waals surface area contributed by atoms with Gasteiger partial charge in [-0.25, -0.2) is 0 Å². The highest BCUT2D eigenvalue weighted by Crippen LogP contribution is 2.47. The fourth-order valence-electron chi connectivity index (χ4n) is 10.5. The van der Waals surface area contributed by atoms with Crippen LogP contribution in [-0.2, 0) is 0 Å². The molecule has 2 heteroatoms. The van der Waals surface area contributed by atoms with E-state index in [0.29, 0.717) is 0 Å². The summed E-state index contributed by atoms with van der Waals surface area (Å²) >= 11 is 1.90. The maximum atomic E-state index is 2.46. The number of allylic oxidation sites excluding steroid dienone is 6. The first-order chi connectivity index (χ1) is 32.2. The molecule has 2 aromatic heterocycles. The van der Waals surface area contributed by atoms with E-state index in [4.69, 9.17) is 0 Å². The van der Waals surface area contributed by atoms with Crippen molar-refractivity contribution in [3.63, 3.8) is 0 Å². The van der Waals surface area contributed by atoms with Crippen LogP contribution in [0.2, 0.25) is 0 Å². The Morgan fingerprint density at radius 3 is 1.63 bits per heavy atom. The summed E-state index contributed by atoms with van der Waals surface area (Å²) in [5.41, 5.74) is 14.8. The SMILES string of the molecule is C1=CC=CC(c2ccc3sc4c(-c5ccc6c(c5)c5ccccc5n6-c5cccc(-c6c7ccccc7c(-c7ccccc7)c7ccccc67)c5)cc(-c5ccccc5)cc4c3c2)C=C1. The minimum atomic E-state index is 0.237. The standard InChI is InChI=1S/C63H41NS/c1-2-6-19-41(18-5-1)44-33-35-60-56(37-44)57-40-47(42-20-7-3-8-21-42)39-54(63(57)65-60)45-32-34-59-55(38-45)49-26-15-16-31-58(49)64(59)48-25-17-24-46(36-48)62-52-29-13-11-27-50(52)61(43-22-9-4-10-23-43)51-28-12-14-30-53(51)62/h1-41H. The van der Waals surface area contributed by atoms with E-state index in [0.717, 1.165) is 5.69 Å². The zero-order chi connectivity index (χ0) is 42.8. The van der Waals surface area contributed by atoms with Crippen LogP contribution in [0.3, 0.4) is 0 Å². The van der Waals surface area contributed by atoms with E-state index in [-0.39, 0.29) is 5.92 Å². The quantitative estimate of drug-likeness (QED) is 0.147. The second-order valence-corrected chi connectivity index (χ2v) is 18.2. The Balaban J connectivity index is 1.000. The molecule has 13 rings (SSSR count). The zero-order valence-electron chi connectivity index (χ0n) is 35.5. The monoisotopic (exact) mass is 843 g/mol. The fourth-order valence-corrected chi connectivity index (χ4v) is 11.7. The number of para-hydroxylation sites is 1. The Morgan fingerprint density at radius 1 is 0.338 bits per heavy atom. The zero-order valence-corrected chi connectivity index (χ0v) is 36.3. The largest absolute Gasteiger partial charge is 0.309 e. The van der Waals surface area contributed by atoms with E-state index in [9.17, 15) is 0 Å². The second-order valence-electron chi connectivity index (χ2n) is 17.1. The number of aromatic nitrogens is 1. The van der Waals surface area contributed by atoms with E-state index < -0.39 is 0 Å². The number of benzene rings is 10. The van der Waals surface area contributed by atoms with Crippen molar-refractivity contribution in [3.05, 3.63) is 248 Å². The topological polar surface area (TPSA) is 4.93 Å². The van der Waals surface area contributed by atoms with Gasteiger partial charge in [0.05, 0.1) is 11.0 Å². The summed E-state index contributed by atoms with van der Waals surface area (Å²) in [6.45, 7) is 0. The van der Waals surface area contributed by atoms with Gasteiger partial charge in [-0.1, -0.05) is 188 Å². The molecule has 304 valence electrons. The van der Waals surface area contributed by atoms with Crippen LogP contribution >= 0.6 is 11.3 Å². The second kappa shape index (κ2) is 15.3. The number of thiophene rings is 1. The van der Waals surface area contributed by atoms with Crippen LogP contribution in [-0.4, -0.2) is 4.57 Å². The molecule has 0 saturated carbocycles. The molecule has 1 nitrogen and oxygen atoms in total. The third kappa shape index (κ3) is 6.21. The van der Waals surface area contributed by atoms with Crippen molar-refractivity contribution in [3.8, 4) is 50.2 Å². The van der Waals surface area contributed by atoms with Crippen LogP contribution < -0.4 is 0 Å². The summed E-state index contributed by atoms with van der Waals surface area (Å²) in [6, 6.07) is 76.6. The lowest BCUT2D eigenvalue weighted by Crippen LogP contribution is -1.95. The fraction of sp³-hybridized carbons (Fsp3) is 0.0159. The van der Waals surface area contributed by atoms with Gasteiger partial charge in [0.25, 0.3) is 0 Å². The van der Waals surface area contributed by atoms with Gasteiger partial charge in [0.2, 0.25) is 0 Å². The van der Waals surface area contributed by atoms with E-state index in [1.165, 1.54) is 114 Å². The molecule has 10 aromatic carbocycles. The Labute approximate surface area is 381 Å². The number of rotatable bonds is 6. The molecule has 0 saturated heterocycles. The summed E-state index contributed by atoms with van der Waals surface area (Å²) in [6.07, 6.45) is 13.1. The van der Waals surface area contributed by atoms with Crippen LogP contribution in [0.15, 0.2) is 243 Å². The highest BCUT2D eigenvalue weighted by molar-refractivity contribution is 7.26.